The van der Waals surface area contributed by atoms with Gasteiger partial charge in [0.05, 0.1) is 11.6 Å². The van der Waals surface area contributed by atoms with Crippen LogP contribution in [0.15, 0.2) is 85.2 Å². The lowest BCUT2D eigenvalue weighted by molar-refractivity contribution is 0.0937. The normalized spacial score (nSPS) is 14.8. The summed E-state index contributed by atoms with van der Waals surface area (Å²) in [7, 11) is 0. The van der Waals surface area contributed by atoms with Gasteiger partial charge in [0.2, 0.25) is 0 Å². The number of benzene rings is 2. The highest BCUT2D eigenvalue weighted by atomic mass is 16.1. The first-order valence-electron chi connectivity index (χ1n) is 12.1. The van der Waals surface area contributed by atoms with E-state index < -0.39 is 0 Å². The Morgan fingerprint density at radius 3 is 2.29 bits per heavy atom. The standard InChI is InChI=1S/C28H30N6O/c1-21(30-28(35)24-13-8-15-29-19-24)27-32-31-26-14-16-33(17-18-34(26)27)20-25(22-9-4-2-5-10-22)23-11-6-3-7-12-23/h2-13,15,19,21,25H,14,16-18,20H2,1H3,(H,30,35)/t21-/m0/s1. The van der Waals surface area contributed by atoms with Gasteiger partial charge in [-0.25, -0.2) is 0 Å². The number of aromatic nitrogens is 4. The third-order valence-electron chi connectivity index (χ3n) is 6.65. The van der Waals surface area contributed by atoms with E-state index in [1.807, 2.05) is 6.92 Å². The van der Waals surface area contributed by atoms with E-state index in [0.717, 1.165) is 44.2 Å². The summed E-state index contributed by atoms with van der Waals surface area (Å²) in [5, 5.41) is 11.9. The molecule has 4 aromatic rings. The molecule has 0 fully saturated rings. The average molecular weight is 467 g/mol. The Bertz CT molecular complexity index is 1200. The first-order chi connectivity index (χ1) is 17.2. The van der Waals surface area contributed by atoms with Crippen molar-refractivity contribution in [3.63, 3.8) is 0 Å². The first kappa shape index (κ1) is 22.9. The maximum Gasteiger partial charge on any atom is 0.253 e. The van der Waals surface area contributed by atoms with Crippen molar-refractivity contribution in [1.82, 2.24) is 30.0 Å². The van der Waals surface area contributed by atoms with Crippen molar-refractivity contribution in [3.8, 4) is 0 Å². The van der Waals surface area contributed by atoms with E-state index >= 15 is 0 Å². The van der Waals surface area contributed by atoms with Gasteiger partial charge in [0, 0.05) is 50.9 Å². The zero-order valence-corrected chi connectivity index (χ0v) is 19.9. The molecule has 35 heavy (non-hydrogen) atoms. The summed E-state index contributed by atoms with van der Waals surface area (Å²) < 4.78 is 2.17. The Labute approximate surface area is 205 Å². The van der Waals surface area contributed by atoms with E-state index in [9.17, 15) is 4.79 Å². The van der Waals surface area contributed by atoms with E-state index in [4.69, 9.17) is 0 Å². The van der Waals surface area contributed by atoms with Gasteiger partial charge in [-0.15, -0.1) is 10.2 Å². The molecule has 0 aliphatic carbocycles. The largest absolute Gasteiger partial charge is 0.342 e. The van der Waals surface area contributed by atoms with Crippen LogP contribution in [0.4, 0.5) is 0 Å². The number of pyridine rings is 1. The topological polar surface area (TPSA) is 75.9 Å². The molecule has 1 N–H and O–H groups in total. The highest BCUT2D eigenvalue weighted by Crippen LogP contribution is 2.26. The predicted octanol–water partition coefficient (Wildman–Crippen LogP) is 3.85. The molecule has 178 valence electrons. The molecule has 2 aromatic carbocycles. The van der Waals surface area contributed by atoms with Crippen molar-refractivity contribution in [3.05, 3.63) is 114 Å². The molecule has 7 heteroatoms. The summed E-state index contributed by atoms with van der Waals surface area (Å²) in [6.07, 6.45) is 4.05. The van der Waals surface area contributed by atoms with E-state index in [-0.39, 0.29) is 11.9 Å². The van der Waals surface area contributed by atoms with Gasteiger partial charge in [-0.2, -0.15) is 0 Å². The highest BCUT2D eigenvalue weighted by molar-refractivity contribution is 5.94. The van der Waals surface area contributed by atoms with Gasteiger partial charge in [-0.1, -0.05) is 60.7 Å². The molecule has 1 aliphatic heterocycles. The number of amides is 1. The number of carbonyl (C=O) groups excluding carboxylic acids is 1. The van der Waals surface area contributed by atoms with Crippen LogP contribution in [0.2, 0.25) is 0 Å². The molecule has 0 unspecified atom stereocenters. The molecule has 1 aliphatic rings. The van der Waals surface area contributed by atoms with Crippen LogP contribution in [-0.4, -0.2) is 50.2 Å². The summed E-state index contributed by atoms with van der Waals surface area (Å²) in [4.78, 5) is 19.2. The summed E-state index contributed by atoms with van der Waals surface area (Å²) in [6.45, 7) is 5.51. The second-order valence-electron chi connectivity index (χ2n) is 8.99. The summed E-state index contributed by atoms with van der Waals surface area (Å²) in [5.74, 6) is 1.91. The monoisotopic (exact) mass is 466 g/mol. The molecule has 2 aromatic heterocycles. The number of nitrogens with one attached hydrogen (secondary N) is 1. The lowest BCUT2D eigenvalue weighted by atomic mass is 9.90. The zero-order chi connectivity index (χ0) is 24.0. The van der Waals surface area contributed by atoms with Crippen LogP contribution >= 0.6 is 0 Å². The SMILES string of the molecule is C[C@H](NC(=O)c1cccnc1)c1nnc2n1CCN(CC(c1ccccc1)c1ccccc1)CC2. The van der Waals surface area contributed by atoms with Gasteiger partial charge >= 0.3 is 0 Å². The zero-order valence-electron chi connectivity index (χ0n) is 19.9. The van der Waals surface area contributed by atoms with Gasteiger partial charge in [0.15, 0.2) is 5.82 Å². The molecule has 1 amide bonds. The van der Waals surface area contributed by atoms with Crippen molar-refractivity contribution >= 4 is 5.91 Å². The molecule has 0 spiro atoms. The summed E-state index contributed by atoms with van der Waals surface area (Å²) >= 11 is 0. The molecule has 0 saturated carbocycles. The number of nitrogens with zero attached hydrogens (tertiary/aromatic N) is 5. The minimum atomic E-state index is -0.253. The Balaban J connectivity index is 1.29. The molecule has 0 radical (unpaired) electrons. The molecule has 5 rings (SSSR count). The Kier molecular flexibility index (Phi) is 6.95. The van der Waals surface area contributed by atoms with Gasteiger partial charge < -0.3 is 14.8 Å². The van der Waals surface area contributed by atoms with Crippen molar-refractivity contribution in [2.45, 2.75) is 31.8 Å². The summed E-state index contributed by atoms with van der Waals surface area (Å²) in [5.41, 5.74) is 3.19. The lowest BCUT2D eigenvalue weighted by Gasteiger charge is -2.27. The van der Waals surface area contributed by atoms with Gasteiger partial charge in [0.25, 0.3) is 5.91 Å². The fourth-order valence-electron chi connectivity index (χ4n) is 4.77. The highest BCUT2D eigenvalue weighted by Gasteiger charge is 2.25. The predicted molar refractivity (Wildman–Crippen MR) is 135 cm³/mol. The van der Waals surface area contributed by atoms with Gasteiger partial charge in [-0.05, 0) is 30.2 Å². The Hall–Kier alpha value is -3.84. The van der Waals surface area contributed by atoms with Crippen molar-refractivity contribution in [2.75, 3.05) is 19.6 Å². The molecule has 7 nitrogen and oxygen atoms in total. The fourth-order valence-corrected chi connectivity index (χ4v) is 4.77. The average Bonchev–Trinajstić information content (AvgIpc) is 3.22. The fraction of sp³-hybridized carbons (Fsp3) is 0.286. The quantitative estimate of drug-likeness (QED) is 0.448. The van der Waals surface area contributed by atoms with Crippen LogP contribution in [0.25, 0.3) is 0 Å². The second kappa shape index (κ2) is 10.6. The maximum absolute atomic E-state index is 12.6. The van der Waals surface area contributed by atoms with Crippen LogP contribution in [0.5, 0.6) is 0 Å². The first-order valence-corrected chi connectivity index (χ1v) is 12.1. The Morgan fingerprint density at radius 2 is 1.63 bits per heavy atom. The molecule has 0 bridgehead atoms. The molecule has 3 heterocycles. The van der Waals surface area contributed by atoms with E-state index in [1.54, 1.807) is 24.5 Å². The van der Waals surface area contributed by atoms with Crippen LogP contribution in [-0.2, 0) is 13.0 Å². The third kappa shape index (κ3) is 5.30. The van der Waals surface area contributed by atoms with E-state index in [0.29, 0.717) is 11.5 Å². The Morgan fingerprint density at radius 1 is 0.914 bits per heavy atom. The third-order valence-corrected chi connectivity index (χ3v) is 6.65. The number of carbonyl (C=O) groups is 1. The second-order valence-corrected chi connectivity index (χ2v) is 8.99. The van der Waals surface area contributed by atoms with Crippen LogP contribution in [0.3, 0.4) is 0 Å². The van der Waals surface area contributed by atoms with Crippen molar-refractivity contribution < 1.29 is 4.79 Å². The molecular formula is C28H30N6O. The van der Waals surface area contributed by atoms with Crippen LogP contribution < -0.4 is 5.32 Å². The van der Waals surface area contributed by atoms with Crippen LogP contribution in [0, 0.1) is 0 Å². The van der Waals surface area contributed by atoms with E-state index in [1.165, 1.54) is 11.1 Å². The smallest absolute Gasteiger partial charge is 0.253 e. The number of hydrogen-bond donors (Lipinski definition) is 1. The number of fused-ring (bicyclic) bond motifs is 1. The number of rotatable bonds is 7. The van der Waals surface area contributed by atoms with E-state index in [2.05, 4.69) is 90.6 Å². The number of hydrogen-bond acceptors (Lipinski definition) is 5. The minimum absolute atomic E-state index is 0.160. The van der Waals surface area contributed by atoms with Crippen LogP contribution in [0.1, 0.15) is 52.0 Å². The van der Waals surface area contributed by atoms with Crippen molar-refractivity contribution in [1.29, 1.82) is 0 Å². The van der Waals surface area contributed by atoms with Gasteiger partial charge in [-0.3, -0.25) is 9.78 Å². The minimum Gasteiger partial charge on any atom is -0.342 e. The maximum atomic E-state index is 12.6. The van der Waals surface area contributed by atoms with Crippen molar-refractivity contribution in [2.24, 2.45) is 0 Å². The molecule has 0 saturated heterocycles. The molecule has 1 atom stereocenters. The van der Waals surface area contributed by atoms with Gasteiger partial charge in [0.1, 0.15) is 5.82 Å². The lowest BCUT2D eigenvalue weighted by Crippen LogP contribution is -2.32. The summed E-state index contributed by atoms with van der Waals surface area (Å²) in [6, 6.07) is 24.7. The molecular weight excluding hydrogens is 436 g/mol.